The molecular formula is C9H15NO3S. The predicted octanol–water partition coefficient (Wildman–Crippen LogP) is 0.208. The molecule has 0 aliphatic carbocycles. The van der Waals surface area contributed by atoms with Gasteiger partial charge in [0.05, 0.1) is 11.5 Å². The summed E-state index contributed by atoms with van der Waals surface area (Å²) in [5, 5.41) is 0. The van der Waals surface area contributed by atoms with E-state index in [-0.39, 0.29) is 30.0 Å². The van der Waals surface area contributed by atoms with Gasteiger partial charge in [0.2, 0.25) is 5.91 Å². The maximum absolute atomic E-state index is 11.4. The van der Waals surface area contributed by atoms with Crippen molar-refractivity contribution in [3.8, 4) is 0 Å². The van der Waals surface area contributed by atoms with E-state index in [9.17, 15) is 13.2 Å². The molecule has 1 aliphatic heterocycles. The molecule has 4 nitrogen and oxygen atoms in total. The van der Waals surface area contributed by atoms with Crippen LogP contribution in [0.1, 0.15) is 13.3 Å². The Bertz CT molecular complexity index is 334. The summed E-state index contributed by atoms with van der Waals surface area (Å²) in [6.07, 6.45) is 1.75. The minimum atomic E-state index is -2.95. The van der Waals surface area contributed by atoms with Gasteiger partial charge in [0, 0.05) is 12.6 Å². The molecule has 1 fully saturated rings. The number of amides is 1. The van der Waals surface area contributed by atoms with Gasteiger partial charge in [0.1, 0.15) is 0 Å². The molecule has 0 saturated carbocycles. The fourth-order valence-corrected chi connectivity index (χ4v) is 2.89. The predicted molar refractivity (Wildman–Crippen MR) is 54.6 cm³/mol. The maximum Gasteiger partial charge on any atom is 0.246 e. The van der Waals surface area contributed by atoms with Crippen molar-refractivity contribution in [1.29, 1.82) is 0 Å². The zero-order valence-electron chi connectivity index (χ0n) is 8.27. The molecule has 1 aliphatic rings. The van der Waals surface area contributed by atoms with Crippen LogP contribution in [0.3, 0.4) is 0 Å². The van der Waals surface area contributed by atoms with Crippen LogP contribution < -0.4 is 0 Å². The third kappa shape index (κ3) is 2.57. The first-order valence-corrected chi connectivity index (χ1v) is 6.42. The lowest BCUT2D eigenvalue weighted by molar-refractivity contribution is -0.127. The fraction of sp³-hybridized carbons (Fsp3) is 0.667. The zero-order valence-corrected chi connectivity index (χ0v) is 9.09. The first-order valence-electron chi connectivity index (χ1n) is 4.60. The van der Waals surface area contributed by atoms with E-state index in [4.69, 9.17) is 0 Å². The Hall–Kier alpha value is -0.840. The van der Waals surface area contributed by atoms with Crippen molar-refractivity contribution in [2.75, 3.05) is 18.1 Å². The van der Waals surface area contributed by atoms with E-state index in [0.29, 0.717) is 6.42 Å². The highest BCUT2D eigenvalue weighted by atomic mass is 32.2. The van der Waals surface area contributed by atoms with E-state index >= 15 is 0 Å². The van der Waals surface area contributed by atoms with Crippen molar-refractivity contribution in [2.24, 2.45) is 0 Å². The molecule has 14 heavy (non-hydrogen) atoms. The molecule has 5 heteroatoms. The summed E-state index contributed by atoms with van der Waals surface area (Å²) in [5.74, 6) is 0.0565. The van der Waals surface area contributed by atoms with Gasteiger partial charge in [-0.05, 0) is 19.4 Å². The second-order valence-electron chi connectivity index (χ2n) is 3.53. The number of sulfone groups is 1. The van der Waals surface area contributed by atoms with Crippen LogP contribution in [0.25, 0.3) is 0 Å². The Kier molecular flexibility index (Phi) is 3.31. The first-order chi connectivity index (χ1) is 6.46. The number of rotatable bonds is 1. The van der Waals surface area contributed by atoms with Crippen LogP contribution in [-0.2, 0) is 14.6 Å². The Morgan fingerprint density at radius 1 is 1.50 bits per heavy atom. The molecule has 1 heterocycles. The van der Waals surface area contributed by atoms with Gasteiger partial charge < -0.3 is 4.90 Å². The van der Waals surface area contributed by atoms with Gasteiger partial charge >= 0.3 is 0 Å². The normalized spacial score (nSPS) is 26.6. The average molecular weight is 217 g/mol. The third-order valence-electron chi connectivity index (χ3n) is 2.48. The van der Waals surface area contributed by atoms with Crippen molar-refractivity contribution in [3.63, 3.8) is 0 Å². The lowest BCUT2D eigenvalue weighted by Crippen LogP contribution is -2.38. The number of hydrogen-bond acceptors (Lipinski definition) is 3. The number of carbonyl (C=O) groups excluding carboxylic acids is 1. The van der Waals surface area contributed by atoms with Gasteiger partial charge in [-0.25, -0.2) is 8.42 Å². The standard InChI is InChI=1S/C9H15NO3S/c1-3-9(11)10-5-7-14(12,13)6-4-8(10)2/h3,8H,1,4-7H2,2H3. The van der Waals surface area contributed by atoms with E-state index in [0.717, 1.165) is 0 Å². The van der Waals surface area contributed by atoms with Crippen LogP contribution in [0.4, 0.5) is 0 Å². The van der Waals surface area contributed by atoms with Crippen LogP contribution in [-0.4, -0.2) is 43.3 Å². The van der Waals surface area contributed by atoms with Gasteiger partial charge in [0.25, 0.3) is 0 Å². The molecule has 1 unspecified atom stereocenters. The smallest absolute Gasteiger partial charge is 0.246 e. The van der Waals surface area contributed by atoms with Gasteiger partial charge in [-0.2, -0.15) is 0 Å². The summed E-state index contributed by atoms with van der Waals surface area (Å²) in [6, 6.07) is -0.0159. The van der Waals surface area contributed by atoms with Crippen molar-refractivity contribution in [1.82, 2.24) is 4.90 Å². The van der Waals surface area contributed by atoms with Gasteiger partial charge in [-0.3, -0.25) is 4.79 Å². The van der Waals surface area contributed by atoms with Crippen molar-refractivity contribution < 1.29 is 13.2 Å². The molecule has 1 atom stereocenters. The summed E-state index contributed by atoms with van der Waals surface area (Å²) < 4.78 is 22.6. The van der Waals surface area contributed by atoms with Crippen LogP contribution in [0, 0.1) is 0 Å². The molecule has 0 N–H and O–H groups in total. The number of carbonyl (C=O) groups is 1. The minimum Gasteiger partial charge on any atom is -0.335 e. The van der Waals surface area contributed by atoms with Gasteiger partial charge in [0.15, 0.2) is 9.84 Å². The van der Waals surface area contributed by atoms with Gasteiger partial charge in [-0.15, -0.1) is 0 Å². The lowest BCUT2D eigenvalue weighted by Gasteiger charge is -2.24. The molecule has 1 amide bonds. The molecule has 0 aromatic rings. The van der Waals surface area contributed by atoms with Crippen molar-refractivity contribution >= 4 is 15.7 Å². The van der Waals surface area contributed by atoms with Crippen LogP contribution in [0.2, 0.25) is 0 Å². The maximum atomic E-state index is 11.4. The van der Waals surface area contributed by atoms with Crippen LogP contribution >= 0.6 is 0 Å². The quantitative estimate of drug-likeness (QED) is 0.590. The second-order valence-corrected chi connectivity index (χ2v) is 5.83. The number of nitrogens with zero attached hydrogens (tertiary/aromatic N) is 1. The monoisotopic (exact) mass is 217 g/mol. The average Bonchev–Trinajstić information content (AvgIpc) is 2.26. The summed E-state index contributed by atoms with van der Waals surface area (Å²) in [7, 11) is -2.95. The summed E-state index contributed by atoms with van der Waals surface area (Å²) >= 11 is 0. The SMILES string of the molecule is C=CC(=O)N1CCS(=O)(=O)CCC1C. The summed E-state index contributed by atoms with van der Waals surface area (Å²) in [4.78, 5) is 12.9. The Labute approximate surface area is 84.5 Å². The molecule has 0 aromatic carbocycles. The molecule has 1 saturated heterocycles. The minimum absolute atomic E-state index is 0.0159. The topological polar surface area (TPSA) is 54.5 Å². The first kappa shape index (κ1) is 11.2. The molecule has 0 bridgehead atoms. The molecule has 80 valence electrons. The highest BCUT2D eigenvalue weighted by Crippen LogP contribution is 2.12. The molecule has 0 spiro atoms. The Balaban J connectivity index is 2.79. The highest BCUT2D eigenvalue weighted by Gasteiger charge is 2.26. The Morgan fingerprint density at radius 3 is 2.71 bits per heavy atom. The number of hydrogen-bond donors (Lipinski definition) is 0. The van der Waals surface area contributed by atoms with Gasteiger partial charge in [-0.1, -0.05) is 6.58 Å². The summed E-state index contributed by atoms with van der Waals surface area (Å²) in [5.41, 5.74) is 0. The molecule has 1 rings (SSSR count). The molecular weight excluding hydrogens is 202 g/mol. The zero-order chi connectivity index (χ0) is 10.8. The summed E-state index contributed by atoms with van der Waals surface area (Å²) in [6.45, 7) is 5.55. The molecule has 0 aromatic heterocycles. The van der Waals surface area contributed by atoms with Crippen LogP contribution in [0.15, 0.2) is 12.7 Å². The fourth-order valence-electron chi connectivity index (χ4n) is 1.51. The van der Waals surface area contributed by atoms with E-state index < -0.39 is 9.84 Å². The van der Waals surface area contributed by atoms with E-state index in [1.54, 1.807) is 4.90 Å². The van der Waals surface area contributed by atoms with Crippen molar-refractivity contribution in [2.45, 2.75) is 19.4 Å². The second kappa shape index (κ2) is 4.13. The highest BCUT2D eigenvalue weighted by molar-refractivity contribution is 7.91. The Morgan fingerprint density at radius 2 is 2.14 bits per heavy atom. The van der Waals surface area contributed by atoms with E-state index in [1.165, 1.54) is 6.08 Å². The van der Waals surface area contributed by atoms with E-state index in [1.807, 2.05) is 6.92 Å². The van der Waals surface area contributed by atoms with Crippen LogP contribution in [0.5, 0.6) is 0 Å². The molecule has 0 radical (unpaired) electrons. The largest absolute Gasteiger partial charge is 0.335 e. The van der Waals surface area contributed by atoms with Crippen molar-refractivity contribution in [3.05, 3.63) is 12.7 Å². The lowest BCUT2D eigenvalue weighted by atomic mass is 10.2. The third-order valence-corrected chi connectivity index (χ3v) is 4.14. The van der Waals surface area contributed by atoms with E-state index in [2.05, 4.69) is 6.58 Å².